The van der Waals surface area contributed by atoms with E-state index in [-0.39, 0.29) is 17.3 Å². The molecule has 0 aromatic heterocycles. The Morgan fingerprint density at radius 1 is 1.25 bits per heavy atom. The number of rotatable bonds is 5. The zero-order chi connectivity index (χ0) is 14.9. The number of hydrogen-bond donors (Lipinski definition) is 2. The first-order valence-electron chi connectivity index (χ1n) is 6.08. The summed E-state index contributed by atoms with van der Waals surface area (Å²) in [6.45, 7) is 0.256. The van der Waals surface area contributed by atoms with Crippen molar-refractivity contribution in [2.24, 2.45) is 11.8 Å². The van der Waals surface area contributed by atoms with Crippen molar-refractivity contribution in [1.29, 1.82) is 0 Å². The second kappa shape index (κ2) is 5.24. The summed E-state index contributed by atoms with van der Waals surface area (Å²) in [6.07, 6.45) is 1.51. The first-order chi connectivity index (χ1) is 9.29. The molecule has 108 valence electrons. The van der Waals surface area contributed by atoms with Gasteiger partial charge in [-0.15, -0.1) is 0 Å². The molecule has 0 radical (unpaired) electrons. The van der Waals surface area contributed by atoms with Crippen molar-refractivity contribution in [2.75, 3.05) is 6.26 Å². The minimum absolute atomic E-state index is 0.223. The summed E-state index contributed by atoms with van der Waals surface area (Å²) in [5, 5.41) is 11.4. The van der Waals surface area contributed by atoms with E-state index in [0.29, 0.717) is 6.42 Å². The molecule has 1 aliphatic rings. The van der Waals surface area contributed by atoms with Gasteiger partial charge in [0.05, 0.1) is 16.7 Å². The van der Waals surface area contributed by atoms with Crippen LogP contribution in [0.15, 0.2) is 29.2 Å². The number of amides is 1. The number of carboxylic acids is 1. The second-order valence-corrected chi connectivity index (χ2v) is 6.94. The Hall–Kier alpha value is -1.89. The lowest BCUT2D eigenvalue weighted by atomic mass is 10.2. The minimum Gasteiger partial charge on any atom is -0.481 e. The predicted molar refractivity (Wildman–Crippen MR) is 70.6 cm³/mol. The van der Waals surface area contributed by atoms with E-state index in [1.54, 1.807) is 12.1 Å². The van der Waals surface area contributed by atoms with Gasteiger partial charge in [-0.3, -0.25) is 9.59 Å². The third kappa shape index (κ3) is 3.36. The molecule has 2 unspecified atom stereocenters. The van der Waals surface area contributed by atoms with Gasteiger partial charge in [0.25, 0.3) is 0 Å². The van der Waals surface area contributed by atoms with Crippen molar-refractivity contribution in [3.8, 4) is 0 Å². The van der Waals surface area contributed by atoms with Crippen molar-refractivity contribution < 1.29 is 23.1 Å². The van der Waals surface area contributed by atoms with Gasteiger partial charge in [-0.1, -0.05) is 12.1 Å². The smallest absolute Gasteiger partial charge is 0.307 e. The van der Waals surface area contributed by atoms with Crippen LogP contribution in [0.2, 0.25) is 0 Å². The Morgan fingerprint density at radius 2 is 1.85 bits per heavy atom. The standard InChI is InChI=1S/C13H15NO5S/c1-20(18,19)9-4-2-8(3-5-9)7-14-12(15)10-6-11(10)13(16)17/h2-5,10-11H,6-7H2,1H3,(H,14,15)(H,16,17). The summed E-state index contributed by atoms with van der Waals surface area (Å²) < 4.78 is 22.6. The monoisotopic (exact) mass is 297 g/mol. The van der Waals surface area contributed by atoms with Gasteiger partial charge in [-0.05, 0) is 24.1 Å². The molecule has 20 heavy (non-hydrogen) atoms. The average Bonchev–Trinajstić information content (AvgIpc) is 3.15. The zero-order valence-electron chi connectivity index (χ0n) is 10.9. The number of benzene rings is 1. The number of carbonyl (C=O) groups is 2. The first kappa shape index (κ1) is 14.5. The van der Waals surface area contributed by atoms with Crippen LogP contribution in [0.3, 0.4) is 0 Å². The van der Waals surface area contributed by atoms with E-state index in [2.05, 4.69) is 5.32 Å². The van der Waals surface area contributed by atoms with Gasteiger partial charge < -0.3 is 10.4 Å². The normalized spacial score (nSPS) is 21.2. The first-order valence-corrected chi connectivity index (χ1v) is 7.97. The van der Waals surface area contributed by atoms with E-state index in [1.165, 1.54) is 12.1 Å². The average molecular weight is 297 g/mol. The number of sulfone groups is 1. The van der Waals surface area contributed by atoms with E-state index in [0.717, 1.165) is 11.8 Å². The van der Waals surface area contributed by atoms with Gasteiger partial charge >= 0.3 is 5.97 Å². The molecular formula is C13H15NO5S. The quantitative estimate of drug-likeness (QED) is 0.820. The maximum absolute atomic E-state index is 11.6. The Kier molecular flexibility index (Phi) is 3.80. The molecule has 0 aliphatic heterocycles. The maximum atomic E-state index is 11.6. The van der Waals surface area contributed by atoms with Crippen LogP contribution < -0.4 is 5.32 Å². The second-order valence-electron chi connectivity index (χ2n) is 4.92. The topological polar surface area (TPSA) is 101 Å². The fourth-order valence-electron chi connectivity index (χ4n) is 1.93. The number of aliphatic carboxylic acids is 1. The summed E-state index contributed by atoms with van der Waals surface area (Å²) in [6, 6.07) is 6.21. The number of carboxylic acid groups (broad SMARTS) is 1. The van der Waals surface area contributed by atoms with E-state index in [9.17, 15) is 18.0 Å². The van der Waals surface area contributed by atoms with Gasteiger partial charge in [-0.25, -0.2) is 8.42 Å². The highest BCUT2D eigenvalue weighted by molar-refractivity contribution is 7.90. The predicted octanol–water partition coefficient (Wildman–Crippen LogP) is 0.427. The summed E-state index contributed by atoms with van der Waals surface area (Å²) in [7, 11) is -3.22. The molecule has 0 spiro atoms. The minimum atomic E-state index is -3.22. The fraction of sp³-hybridized carbons (Fsp3) is 0.385. The van der Waals surface area contributed by atoms with E-state index < -0.39 is 27.6 Å². The lowest BCUT2D eigenvalue weighted by Gasteiger charge is -2.05. The molecule has 1 fully saturated rings. The molecule has 7 heteroatoms. The summed E-state index contributed by atoms with van der Waals surface area (Å²) in [5.74, 6) is -2.22. The molecule has 6 nitrogen and oxygen atoms in total. The fourth-order valence-corrected chi connectivity index (χ4v) is 2.56. The summed E-state index contributed by atoms with van der Waals surface area (Å²) in [4.78, 5) is 22.5. The van der Waals surface area contributed by atoms with Crippen LogP contribution in [0, 0.1) is 11.8 Å². The number of carbonyl (C=O) groups excluding carboxylic acids is 1. The molecule has 0 saturated heterocycles. The number of hydrogen-bond acceptors (Lipinski definition) is 4. The van der Waals surface area contributed by atoms with Crippen LogP contribution in [0.4, 0.5) is 0 Å². The van der Waals surface area contributed by atoms with E-state index in [1.807, 2.05) is 0 Å². The largest absolute Gasteiger partial charge is 0.481 e. The molecular weight excluding hydrogens is 282 g/mol. The molecule has 1 aliphatic carbocycles. The van der Waals surface area contributed by atoms with Crippen LogP contribution in [-0.2, 0) is 26.0 Å². The SMILES string of the molecule is CS(=O)(=O)c1ccc(CNC(=O)C2CC2C(=O)O)cc1. The molecule has 1 saturated carbocycles. The third-order valence-corrected chi connectivity index (χ3v) is 4.39. The molecule has 2 atom stereocenters. The van der Waals surface area contributed by atoms with Crippen LogP contribution in [-0.4, -0.2) is 31.7 Å². The van der Waals surface area contributed by atoms with Gasteiger partial charge in [-0.2, -0.15) is 0 Å². The van der Waals surface area contributed by atoms with Gasteiger partial charge in [0.2, 0.25) is 5.91 Å². The lowest BCUT2D eigenvalue weighted by Crippen LogP contribution is -2.25. The Bertz CT molecular complexity index is 635. The summed E-state index contributed by atoms with van der Waals surface area (Å²) in [5.41, 5.74) is 0.762. The van der Waals surface area contributed by atoms with Crippen LogP contribution >= 0.6 is 0 Å². The van der Waals surface area contributed by atoms with Crippen molar-refractivity contribution in [3.63, 3.8) is 0 Å². The van der Waals surface area contributed by atoms with Crippen molar-refractivity contribution in [2.45, 2.75) is 17.9 Å². The van der Waals surface area contributed by atoms with Gasteiger partial charge in [0.1, 0.15) is 0 Å². The molecule has 1 aromatic carbocycles. The zero-order valence-corrected chi connectivity index (χ0v) is 11.7. The molecule has 1 amide bonds. The van der Waals surface area contributed by atoms with Gasteiger partial charge in [0.15, 0.2) is 9.84 Å². The third-order valence-electron chi connectivity index (χ3n) is 3.26. The summed E-state index contributed by atoms with van der Waals surface area (Å²) >= 11 is 0. The lowest BCUT2D eigenvalue weighted by molar-refractivity contribution is -0.140. The molecule has 0 heterocycles. The van der Waals surface area contributed by atoms with Crippen LogP contribution in [0.1, 0.15) is 12.0 Å². The van der Waals surface area contributed by atoms with E-state index >= 15 is 0 Å². The maximum Gasteiger partial charge on any atom is 0.307 e. The Balaban J connectivity index is 1.89. The molecule has 1 aromatic rings. The Labute approximate surface area is 116 Å². The van der Waals surface area contributed by atoms with E-state index in [4.69, 9.17) is 5.11 Å². The van der Waals surface area contributed by atoms with Crippen molar-refractivity contribution >= 4 is 21.7 Å². The highest BCUT2D eigenvalue weighted by Gasteiger charge is 2.48. The number of nitrogens with one attached hydrogen (secondary N) is 1. The molecule has 2 rings (SSSR count). The molecule has 0 bridgehead atoms. The van der Waals surface area contributed by atoms with Crippen LogP contribution in [0.25, 0.3) is 0 Å². The van der Waals surface area contributed by atoms with Crippen molar-refractivity contribution in [3.05, 3.63) is 29.8 Å². The van der Waals surface area contributed by atoms with Crippen molar-refractivity contribution in [1.82, 2.24) is 5.32 Å². The highest BCUT2D eigenvalue weighted by atomic mass is 32.2. The Morgan fingerprint density at radius 3 is 2.30 bits per heavy atom. The highest BCUT2D eigenvalue weighted by Crippen LogP contribution is 2.38. The molecule has 2 N–H and O–H groups in total. The van der Waals surface area contributed by atoms with Gasteiger partial charge in [0, 0.05) is 12.8 Å². The van der Waals surface area contributed by atoms with Crippen LogP contribution in [0.5, 0.6) is 0 Å².